The monoisotopic (exact) mass is 323 g/mol. The molecule has 21 heavy (non-hydrogen) atoms. The van der Waals surface area contributed by atoms with E-state index in [0.717, 1.165) is 10.4 Å². The Labute approximate surface area is 130 Å². The van der Waals surface area contributed by atoms with Crippen LogP contribution in [0.25, 0.3) is 0 Å². The predicted molar refractivity (Wildman–Crippen MR) is 88.6 cm³/mol. The van der Waals surface area contributed by atoms with Crippen LogP contribution in [0.1, 0.15) is 42.1 Å². The maximum Gasteiger partial charge on any atom is 0.175 e. The molecule has 0 fully saturated rings. The van der Waals surface area contributed by atoms with Crippen LogP contribution >= 0.6 is 11.3 Å². The van der Waals surface area contributed by atoms with Gasteiger partial charge in [0.25, 0.3) is 0 Å². The Balaban J connectivity index is 2.28. The summed E-state index contributed by atoms with van der Waals surface area (Å²) in [7, 11) is -3.16. The van der Waals surface area contributed by atoms with Gasteiger partial charge in [0.05, 0.1) is 10.9 Å². The molecule has 1 unspecified atom stereocenters. The van der Waals surface area contributed by atoms with Crippen LogP contribution < -0.4 is 5.73 Å². The maximum absolute atomic E-state index is 11.5. The van der Waals surface area contributed by atoms with Crippen molar-refractivity contribution < 1.29 is 8.42 Å². The third kappa shape index (κ3) is 3.73. The van der Waals surface area contributed by atoms with E-state index in [4.69, 9.17) is 5.73 Å². The smallest absolute Gasteiger partial charge is 0.175 e. The first-order chi connectivity index (χ1) is 9.59. The van der Waals surface area contributed by atoms with Crippen molar-refractivity contribution in [2.45, 2.75) is 37.1 Å². The topological polar surface area (TPSA) is 60.2 Å². The average Bonchev–Trinajstić information content (AvgIpc) is 2.86. The summed E-state index contributed by atoms with van der Waals surface area (Å²) in [4.78, 5) is 2.70. The van der Waals surface area contributed by atoms with Crippen LogP contribution in [0.5, 0.6) is 0 Å². The minimum atomic E-state index is -3.16. The summed E-state index contributed by atoms with van der Waals surface area (Å²) >= 11 is 1.71. The van der Waals surface area contributed by atoms with Crippen molar-refractivity contribution in [3.05, 3.63) is 51.7 Å². The molecule has 0 bridgehead atoms. The lowest BCUT2D eigenvalue weighted by Crippen LogP contribution is -2.11. The van der Waals surface area contributed by atoms with Gasteiger partial charge in [0.15, 0.2) is 9.84 Å². The molecule has 114 valence electrons. The lowest BCUT2D eigenvalue weighted by Gasteiger charge is -2.16. The first-order valence-electron chi connectivity index (χ1n) is 6.75. The molecule has 0 spiro atoms. The highest BCUT2D eigenvalue weighted by atomic mass is 32.2. The average molecular weight is 323 g/mol. The molecular weight excluding hydrogens is 302 g/mol. The van der Waals surface area contributed by atoms with Crippen molar-refractivity contribution in [2.24, 2.45) is 5.73 Å². The molecule has 1 aromatic heterocycles. The fourth-order valence-electron chi connectivity index (χ4n) is 2.01. The number of benzene rings is 1. The molecule has 1 atom stereocenters. The third-order valence-electron chi connectivity index (χ3n) is 3.34. The van der Waals surface area contributed by atoms with E-state index in [-0.39, 0.29) is 11.5 Å². The molecule has 5 heteroatoms. The first-order valence-corrected chi connectivity index (χ1v) is 9.45. The second-order valence-electron chi connectivity index (χ2n) is 6.27. The van der Waals surface area contributed by atoms with Crippen molar-refractivity contribution >= 4 is 21.2 Å². The molecule has 0 aliphatic heterocycles. The summed E-state index contributed by atoms with van der Waals surface area (Å²) in [6, 6.07) is 10.8. The molecule has 0 aliphatic rings. The Hall–Kier alpha value is -1.17. The van der Waals surface area contributed by atoms with E-state index >= 15 is 0 Å². The van der Waals surface area contributed by atoms with Gasteiger partial charge in [0.1, 0.15) is 0 Å². The molecule has 2 N–H and O–H groups in total. The molecule has 0 aliphatic carbocycles. The van der Waals surface area contributed by atoms with E-state index in [1.165, 1.54) is 11.1 Å². The van der Waals surface area contributed by atoms with Crippen LogP contribution in [0.2, 0.25) is 0 Å². The van der Waals surface area contributed by atoms with Gasteiger partial charge >= 0.3 is 0 Å². The van der Waals surface area contributed by atoms with Crippen LogP contribution in [0, 0.1) is 0 Å². The van der Waals surface area contributed by atoms with E-state index in [2.05, 4.69) is 32.9 Å². The Morgan fingerprint density at radius 2 is 1.62 bits per heavy atom. The number of sulfone groups is 1. The molecule has 2 aromatic rings. The van der Waals surface area contributed by atoms with Gasteiger partial charge < -0.3 is 5.73 Å². The van der Waals surface area contributed by atoms with Gasteiger partial charge in [-0.1, -0.05) is 32.9 Å². The minimum absolute atomic E-state index is 0.114. The van der Waals surface area contributed by atoms with Gasteiger partial charge in [0.2, 0.25) is 0 Å². The SMILES string of the molecule is CC(C)(C)c1ccc(C(N)c2ccc(S(C)(=O)=O)cc2)s1. The van der Waals surface area contributed by atoms with E-state index in [0.29, 0.717) is 4.90 Å². The highest BCUT2D eigenvalue weighted by molar-refractivity contribution is 7.90. The van der Waals surface area contributed by atoms with Crippen molar-refractivity contribution in [3.63, 3.8) is 0 Å². The zero-order valence-electron chi connectivity index (χ0n) is 12.8. The van der Waals surface area contributed by atoms with Gasteiger partial charge in [-0.25, -0.2) is 8.42 Å². The summed E-state index contributed by atoms with van der Waals surface area (Å²) in [5.74, 6) is 0. The summed E-state index contributed by atoms with van der Waals surface area (Å²) in [5.41, 5.74) is 7.33. The van der Waals surface area contributed by atoms with Crippen molar-refractivity contribution in [1.29, 1.82) is 0 Å². The third-order valence-corrected chi connectivity index (χ3v) is 6.06. The van der Waals surface area contributed by atoms with E-state index in [1.54, 1.807) is 35.6 Å². The van der Waals surface area contributed by atoms with Crippen molar-refractivity contribution in [3.8, 4) is 0 Å². The number of thiophene rings is 1. The number of hydrogen-bond donors (Lipinski definition) is 1. The fraction of sp³-hybridized carbons (Fsp3) is 0.375. The Morgan fingerprint density at radius 1 is 1.05 bits per heavy atom. The van der Waals surface area contributed by atoms with Crippen molar-refractivity contribution in [2.75, 3.05) is 6.26 Å². The van der Waals surface area contributed by atoms with Gasteiger partial charge in [0, 0.05) is 16.0 Å². The number of nitrogens with two attached hydrogens (primary N) is 1. The van der Waals surface area contributed by atoms with Crippen LogP contribution in [0.15, 0.2) is 41.3 Å². The van der Waals surface area contributed by atoms with Crippen molar-refractivity contribution in [1.82, 2.24) is 0 Å². The molecule has 0 amide bonds. The zero-order valence-corrected chi connectivity index (χ0v) is 14.4. The van der Waals surface area contributed by atoms with Crippen LogP contribution in [-0.2, 0) is 15.3 Å². The summed E-state index contributed by atoms with van der Waals surface area (Å²) in [5, 5.41) is 0. The molecule has 0 saturated carbocycles. The highest BCUT2D eigenvalue weighted by Gasteiger charge is 2.19. The first kappa shape index (κ1) is 16.2. The number of hydrogen-bond acceptors (Lipinski definition) is 4. The fourth-order valence-corrected chi connectivity index (χ4v) is 3.74. The van der Waals surface area contributed by atoms with E-state index in [1.807, 2.05) is 0 Å². The van der Waals surface area contributed by atoms with Gasteiger partial charge in [-0.05, 0) is 35.2 Å². The largest absolute Gasteiger partial charge is 0.320 e. The quantitative estimate of drug-likeness (QED) is 0.940. The minimum Gasteiger partial charge on any atom is -0.320 e. The molecule has 1 heterocycles. The normalized spacial score (nSPS) is 14.1. The maximum atomic E-state index is 11.5. The standard InChI is InChI=1S/C16H21NO2S2/c1-16(2,3)14-10-9-13(20-14)15(17)11-5-7-12(8-6-11)21(4,18)19/h5-10,15H,17H2,1-4H3. The second kappa shape index (κ2) is 5.55. The predicted octanol–water partition coefficient (Wildman–Crippen LogP) is 3.50. The van der Waals surface area contributed by atoms with Gasteiger partial charge in [-0.3, -0.25) is 0 Å². The van der Waals surface area contributed by atoms with Crippen LogP contribution in [-0.4, -0.2) is 14.7 Å². The lowest BCUT2D eigenvalue weighted by atomic mass is 9.95. The lowest BCUT2D eigenvalue weighted by molar-refractivity contribution is 0.601. The summed E-state index contributed by atoms with van der Waals surface area (Å²) in [6.45, 7) is 6.53. The second-order valence-corrected chi connectivity index (χ2v) is 9.40. The Kier molecular flexibility index (Phi) is 4.29. The summed E-state index contributed by atoms with van der Waals surface area (Å²) < 4.78 is 22.9. The Morgan fingerprint density at radius 3 is 2.05 bits per heavy atom. The molecule has 1 aromatic carbocycles. The molecule has 2 rings (SSSR count). The molecule has 3 nitrogen and oxygen atoms in total. The van der Waals surface area contributed by atoms with Crippen LogP contribution in [0.4, 0.5) is 0 Å². The van der Waals surface area contributed by atoms with Crippen LogP contribution in [0.3, 0.4) is 0 Å². The zero-order chi connectivity index (χ0) is 15.8. The van der Waals surface area contributed by atoms with E-state index in [9.17, 15) is 8.42 Å². The molecule has 0 radical (unpaired) electrons. The van der Waals surface area contributed by atoms with E-state index < -0.39 is 9.84 Å². The highest BCUT2D eigenvalue weighted by Crippen LogP contribution is 2.33. The van der Waals surface area contributed by atoms with Gasteiger partial charge in [-0.2, -0.15) is 0 Å². The summed E-state index contributed by atoms with van der Waals surface area (Å²) in [6.07, 6.45) is 1.21. The molecule has 0 saturated heterocycles. The van der Waals surface area contributed by atoms with Gasteiger partial charge in [-0.15, -0.1) is 11.3 Å². The Bertz CT molecular complexity index is 722. The number of rotatable bonds is 3. The molecular formula is C16H21NO2S2.